The van der Waals surface area contributed by atoms with Gasteiger partial charge in [-0.05, 0) is 12.5 Å². The summed E-state index contributed by atoms with van der Waals surface area (Å²) in [6.45, 7) is 0.0881. The first kappa shape index (κ1) is 12.8. The standard InChI is InChI=1S/C10H13NO4S/c1-15-8-3-4-9(11(13)14)10(7-8)16-6-2-5-12/h3-4,7,12H,2,5-6H2,1H3. The molecule has 1 rings (SSSR count). The zero-order valence-electron chi connectivity index (χ0n) is 8.88. The molecule has 0 spiro atoms. The van der Waals surface area contributed by atoms with Crippen LogP contribution in [0.1, 0.15) is 6.42 Å². The van der Waals surface area contributed by atoms with Crippen LogP contribution in [0.4, 0.5) is 5.69 Å². The lowest BCUT2D eigenvalue weighted by atomic mass is 10.3. The normalized spacial score (nSPS) is 10.1. The second kappa shape index (κ2) is 6.34. The van der Waals surface area contributed by atoms with Crippen LogP contribution >= 0.6 is 11.8 Å². The molecular weight excluding hydrogens is 230 g/mol. The van der Waals surface area contributed by atoms with Gasteiger partial charge in [-0.2, -0.15) is 0 Å². The molecule has 0 aromatic heterocycles. The second-order valence-electron chi connectivity index (χ2n) is 3.02. The summed E-state index contributed by atoms with van der Waals surface area (Å²) in [7, 11) is 1.52. The predicted molar refractivity (Wildman–Crippen MR) is 62.1 cm³/mol. The Hall–Kier alpha value is -1.27. The molecule has 1 aromatic carbocycles. The van der Waals surface area contributed by atoms with Gasteiger partial charge in [0.1, 0.15) is 5.75 Å². The third-order valence-corrected chi connectivity index (χ3v) is 3.05. The van der Waals surface area contributed by atoms with Crippen LogP contribution in [-0.4, -0.2) is 29.5 Å². The van der Waals surface area contributed by atoms with Gasteiger partial charge in [0.2, 0.25) is 0 Å². The topological polar surface area (TPSA) is 72.6 Å². The van der Waals surface area contributed by atoms with Crippen LogP contribution < -0.4 is 4.74 Å². The van der Waals surface area contributed by atoms with Crippen molar-refractivity contribution in [1.29, 1.82) is 0 Å². The number of aliphatic hydroxyl groups is 1. The maximum atomic E-state index is 10.8. The van der Waals surface area contributed by atoms with Crippen molar-refractivity contribution in [3.63, 3.8) is 0 Å². The molecule has 0 aliphatic rings. The average molecular weight is 243 g/mol. The molecule has 16 heavy (non-hydrogen) atoms. The first-order valence-corrected chi connectivity index (χ1v) is 5.73. The van der Waals surface area contributed by atoms with Crippen molar-refractivity contribution >= 4 is 17.4 Å². The van der Waals surface area contributed by atoms with E-state index in [0.717, 1.165) is 0 Å². The molecule has 0 saturated heterocycles. The van der Waals surface area contributed by atoms with E-state index in [1.54, 1.807) is 12.1 Å². The van der Waals surface area contributed by atoms with Crippen LogP contribution in [0.2, 0.25) is 0 Å². The van der Waals surface area contributed by atoms with E-state index >= 15 is 0 Å². The molecule has 1 N–H and O–H groups in total. The molecule has 0 bridgehead atoms. The van der Waals surface area contributed by atoms with Crippen LogP contribution in [-0.2, 0) is 0 Å². The molecule has 0 saturated carbocycles. The van der Waals surface area contributed by atoms with Gasteiger partial charge in [0.15, 0.2) is 0 Å². The molecule has 0 fully saturated rings. The number of rotatable bonds is 6. The zero-order valence-corrected chi connectivity index (χ0v) is 9.70. The van der Waals surface area contributed by atoms with E-state index in [2.05, 4.69) is 0 Å². The van der Waals surface area contributed by atoms with E-state index < -0.39 is 4.92 Å². The van der Waals surface area contributed by atoms with Crippen LogP contribution in [0.25, 0.3) is 0 Å². The van der Waals surface area contributed by atoms with Crippen molar-refractivity contribution in [3.05, 3.63) is 28.3 Å². The first-order valence-electron chi connectivity index (χ1n) is 4.75. The maximum absolute atomic E-state index is 10.8. The minimum atomic E-state index is -0.416. The molecule has 0 radical (unpaired) electrons. The molecule has 0 atom stereocenters. The number of aliphatic hydroxyl groups excluding tert-OH is 1. The summed E-state index contributed by atoms with van der Waals surface area (Å²) in [5.74, 6) is 1.24. The predicted octanol–water partition coefficient (Wildman–Crippen LogP) is 2.08. The molecule has 0 unspecified atom stereocenters. The molecule has 1 aromatic rings. The van der Waals surface area contributed by atoms with Gasteiger partial charge in [0.05, 0.1) is 16.9 Å². The molecule has 0 aliphatic carbocycles. The van der Waals surface area contributed by atoms with E-state index in [0.29, 0.717) is 22.8 Å². The number of nitro benzene ring substituents is 1. The minimum Gasteiger partial charge on any atom is -0.497 e. The summed E-state index contributed by atoms with van der Waals surface area (Å²) in [6, 6.07) is 4.63. The van der Waals surface area contributed by atoms with Crippen molar-refractivity contribution in [3.8, 4) is 5.75 Å². The molecular formula is C10H13NO4S. The van der Waals surface area contributed by atoms with E-state index in [9.17, 15) is 10.1 Å². The number of nitro groups is 1. The number of ether oxygens (including phenoxy) is 1. The Kier molecular flexibility index (Phi) is 5.07. The molecule has 5 nitrogen and oxygen atoms in total. The Morgan fingerprint density at radius 3 is 2.88 bits per heavy atom. The number of methoxy groups -OCH3 is 1. The molecule has 0 heterocycles. The lowest BCUT2D eigenvalue weighted by molar-refractivity contribution is -0.387. The summed E-state index contributed by atoms with van der Waals surface area (Å²) < 4.78 is 5.01. The number of nitrogens with zero attached hydrogens (tertiary/aromatic N) is 1. The van der Waals surface area contributed by atoms with E-state index in [-0.39, 0.29) is 12.3 Å². The smallest absolute Gasteiger partial charge is 0.283 e. The largest absolute Gasteiger partial charge is 0.497 e. The summed E-state index contributed by atoms with van der Waals surface area (Å²) in [6.07, 6.45) is 0.610. The highest BCUT2D eigenvalue weighted by atomic mass is 32.2. The Bertz CT molecular complexity index is 370. The Balaban J connectivity index is 2.87. The fourth-order valence-electron chi connectivity index (χ4n) is 1.13. The second-order valence-corrected chi connectivity index (χ2v) is 4.15. The molecule has 0 amide bonds. The van der Waals surface area contributed by atoms with Gasteiger partial charge in [-0.1, -0.05) is 0 Å². The third-order valence-electron chi connectivity index (χ3n) is 1.92. The Morgan fingerprint density at radius 1 is 1.56 bits per heavy atom. The van der Waals surface area contributed by atoms with Crippen molar-refractivity contribution in [2.45, 2.75) is 11.3 Å². The Labute approximate surface area is 97.6 Å². The van der Waals surface area contributed by atoms with Gasteiger partial charge in [-0.25, -0.2) is 0 Å². The first-order chi connectivity index (χ1) is 7.69. The monoisotopic (exact) mass is 243 g/mol. The highest BCUT2D eigenvalue weighted by Gasteiger charge is 2.14. The van der Waals surface area contributed by atoms with Crippen molar-refractivity contribution < 1.29 is 14.8 Å². The van der Waals surface area contributed by atoms with Crippen molar-refractivity contribution in [1.82, 2.24) is 0 Å². The Morgan fingerprint density at radius 2 is 2.31 bits per heavy atom. The van der Waals surface area contributed by atoms with E-state index in [4.69, 9.17) is 9.84 Å². The number of hydrogen-bond acceptors (Lipinski definition) is 5. The molecule has 88 valence electrons. The molecule has 6 heteroatoms. The van der Waals surface area contributed by atoms with Gasteiger partial charge in [0, 0.05) is 24.5 Å². The summed E-state index contributed by atoms with van der Waals surface area (Å²) in [5.41, 5.74) is 0.0729. The number of hydrogen-bond donors (Lipinski definition) is 1. The highest BCUT2D eigenvalue weighted by molar-refractivity contribution is 7.99. The summed E-state index contributed by atoms with van der Waals surface area (Å²) in [5, 5.41) is 19.4. The van der Waals surface area contributed by atoms with Gasteiger partial charge in [-0.3, -0.25) is 10.1 Å². The zero-order chi connectivity index (χ0) is 12.0. The SMILES string of the molecule is COc1ccc([N+](=O)[O-])c(SCCCO)c1. The fourth-order valence-corrected chi connectivity index (χ4v) is 2.12. The highest BCUT2D eigenvalue weighted by Crippen LogP contribution is 2.32. The fraction of sp³-hybridized carbons (Fsp3) is 0.400. The van der Waals surface area contributed by atoms with Gasteiger partial charge in [-0.15, -0.1) is 11.8 Å². The van der Waals surface area contributed by atoms with Crippen molar-refractivity contribution in [2.75, 3.05) is 19.5 Å². The van der Waals surface area contributed by atoms with E-state index in [1.807, 2.05) is 0 Å². The lowest BCUT2D eigenvalue weighted by Crippen LogP contribution is -1.93. The van der Waals surface area contributed by atoms with Crippen LogP contribution in [0, 0.1) is 10.1 Å². The van der Waals surface area contributed by atoms with E-state index in [1.165, 1.54) is 24.9 Å². The lowest BCUT2D eigenvalue weighted by Gasteiger charge is -2.05. The number of thioether (sulfide) groups is 1. The van der Waals surface area contributed by atoms with Gasteiger partial charge >= 0.3 is 0 Å². The maximum Gasteiger partial charge on any atom is 0.283 e. The summed E-state index contributed by atoms with van der Waals surface area (Å²) >= 11 is 1.35. The number of benzene rings is 1. The average Bonchev–Trinajstić information content (AvgIpc) is 2.29. The van der Waals surface area contributed by atoms with Gasteiger partial charge < -0.3 is 9.84 Å². The van der Waals surface area contributed by atoms with Crippen LogP contribution in [0.15, 0.2) is 23.1 Å². The quantitative estimate of drug-likeness (QED) is 0.358. The summed E-state index contributed by atoms with van der Waals surface area (Å²) in [4.78, 5) is 10.9. The molecule has 0 aliphatic heterocycles. The van der Waals surface area contributed by atoms with Crippen LogP contribution in [0.3, 0.4) is 0 Å². The van der Waals surface area contributed by atoms with Gasteiger partial charge in [0.25, 0.3) is 5.69 Å². The van der Waals surface area contributed by atoms with Crippen LogP contribution in [0.5, 0.6) is 5.75 Å². The third kappa shape index (κ3) is 3.39. The minimum absolute atomic E-state index is 0.0729. The van der Waals surface area contributed by atoms with Crippen molar-refractivity contribution in [2.24, 2.45) is 0 Å².